The molecule has 0 aliphatic rings. The lowest BCUT2D eigenvalue weighted by Gasteiger charge is -2.10. The third-order valence-electron chi connectivity index (χ3n) is 4.05. The van der Waals surface area contributed by atoms with E-state index < -0.39 is 11.9 Å². The molecule has 0 unspecified atom stereocenters. The molecule has 1 amide bonds. The summed E-state index contributed by atoms with van der Waals surface area (Å²) in [6.45, 7) is -0.0747. The summed E-state index contributed by atoms with van der Waals surface area (Å²) in [5.41, 5.74) is 9.09. The number of benzene rings is 2. The van der Waals surface area contributed by atoms with Crippen molar-refractivity contribution in [2.75, 3.05) is 12.3 Å². The van der Waals surface area contributed by atoms with Crippen LogP contribution < -0.4 is 11.1 Å². The largest absolute Gasteiger partial charge is 0.460 e. The van der Waals surface area contributed by atoms with E-state index in [0.717, 1.165) is 16.8 Å². The third kappa shape index (κ3) is 4.52. The van der Waals surface area contributed by atoms with Gasteiger partial charge in [-0.25, -0.2) is 0 Å². The number of aryl methyl sites for hydroxylation is 1. The Morgan fingerprint density at radius 1 is 1.15 bits per heavy atom. The quantitative estimate of drug-likeness (QED) is 0.516. The molecule has 3 aromatic rings. The van der Waals surface area contributed by atoms with E-state index in [1.54, 1.807) is 23.0 Å². The molecule has 0 radical (unpaired) electrons. The lowest BCUT2D eigenvalue weighted by atomic mass is 10.1. The number of nitrogen functional groups attached to an aromatic ring is 1. The Balaban J connectivity index is 1.60. The smallest absolute Gasteiger partial charge is 0.325 e. The van der Waals surface area contributed by atoms with E-state index in [1.807, 2.05) is 49.5 Å². The number of nitrogens with one attached hydrogen (secondary N) is 1. The zero-order valence-electron chi connectivity index (χ0n) is 14.9. The third-order valence-corrected chi connectivity index (χ3v) is 4.05. The highest BCUT2D eigenvalue weighted by Crippen LogP contribution is 2.23. The zero-order valence-corrected chi connectivity index (χ0v) is 14.9. The van der Waals surface area contributed by atoms with Crippen molar-refractivity contribution in [1.82, 2.24) is 15.1 Å². The van der Waals surface area contributed by atoms with E-state index in [-0.39, 0.29) is 13.2 Å². The van der Waals surface area contributed by atoms with Gasteiger partial charge in [-0.2, -0.15) is 5.10 Å². The summed E-state index contributed by atoms with van der Waals surface area (Å²) in [4.78, 5) is 24.3. The van der Waals surface area contributed by atoms with Gasteiger partial charge in [0.25, 0.3) is 5.91 Å². The van der Waals surface area contributed by atoms with E-state index >= 15 is 0 Å². The van der Waals surface area contributed by atoms with Gasteiger partial charge in [-0.15, -0.1) is 0 Å². The number of hydrogen-bond acceptors (Lipinski definition) is 5. The highest BCUT2D eigenvalue weighted by Gasteiger charge is 2.14. The molecule has 0 fully saturated rings. The lowest BCUT2D eigenvalue weighted by Crippen LogP contribution is -2.31. The van der Waals surface area contributed by atoms with Crippen LogP contribution in [-0.4, -0.2) is 28.2 Å². The summed E-state index contributed by atoms with van der Waals surface area (Å²) < 4.78 is 6.85. The van der Waals surface area contributed by atoms with Gasteiger partial charge in [0.15, 0.2) is 0 Å². The highest BCUT2D eigenvalue weighted by atomic mass is 16.5. The van der Waals surface area contributed by atoms with E-state index in [2.05, 4.69) is 10.4 Å². The van der Waals surface area contributed by atoms with Crippen molar-refractivity contribution in [1.29, 1.82) is 0 Å². The van der Waals surface area contributed by atoms with Crippen LogP contribution in [0.15, 0.2) is 60.8 Å². The number of nitrogens with zero attached hydrogens (tertiary/aromatic N) is 2. The normalized spacial score (nSPS) is 10.4. The SMILES string of the molecule is Cn1nccc1-c1ccc(N)c(C(=O)NCC(=O)OCc2ccccc2)c1. The molecule has 2 aromatic carbocycles. The minimum atomic E-state index is -0.520. The molecule has 7 nitrogen and oxygen atoms in total. The maximum atomic E-state index is 12.4. The standard InChI is InChI=1S/C20H20N4O3/c1-24-18(9-10-23-24)15-7-8-17(21)16(11-15)20(26)22-12-19(25)27-13-14-5-3-2-4-6-14/h2-11H,12-13,21H2,1H3,(H,22,26). The number of carbonyl (C=O) groups is 2. The van der Waals surface area contributed by atoms with Crippen LogP contribution in [0.5, 0.6) is 0 Å². The topological polar surface area (TPSA) is 99.2 Å². The van der Waals surface area contributed by atoms with E-state index in [9.17, 15) is 9.59 Å². The molecule has 0 aliphatic carbocycles. The van der Waals surface area contributed by atoms with Crippen molar-refractivity contribution < 1.29 is 14.3 Å². The Morgan fingerprint density at radius 2 is 1.93 bits per heavy atom. The second-order valence-corrected chi connectivity index (χ2v) is 5.97. The van der Waals surface area contributed by atoms with E-state index in [1.165, 1.54) is 0 Å². The maximum Gasteiger partial charge on any atom is 0.325 e. The Bertz CT molecular complexity index is 951. The molecular weight excluding hydrogens is 344 g/mol. The van der Waals surface area contributed by atoms with Crippen LogP contribution in [0.3, 0.4) is 0 Å². The Morgan fingerprint density at radius 3 is 2.63 bits per heavy atom. The predicted molar refractivity (Wildman–Crippen MR) is 102 cm³/mol. The van der Waals surface area contributed by atoms with E-state index in [0.29, 0.717) is 11.3 Å². The predicted octanol–water partition coefficient (Wildman–Crippen LogP) is 2.14. The molecule has 0 saturated carbocycles. The first-order chi connectivity index (χ1) is 13.0. The van der Waals surface area contributed by atoms with Crippen LogP contribution in [0, 0.1) is 0 Å². The molecule has 0 atom stereocenters. The zero-order chi connectivity index (χ0) is 19.2. The molecular formula is C20H20N4O3. The maximum absolute atomic E-state index is 12.4. The number of amides is 1. The number of hydrogen-bond donors (Lipinski definition) is 2. The first-order valence-electron chi connectivity index (χ1n) is 8.40. The van der Waals surface area contributed by atoms with Gasteiger partial charge < -0.3 is 15.8 Å². The molecule has 0 bridgehead atoms. The number of nitrogens with two attached hydrogens (primary N) is 1. The monoisotopic (exact) mass is 364 g/mol. The van der Waals surface area contributed by atoms with Crippen LogP contribution in [0.2, 0.25) is 0 Å². The molecule has 138 valence electrons. The molecule has 0 spiro atoms. The van der Waals surface area contributed by atoms with Gasteiger partial charge in [-0.05, 0) is 23.8 Å². The molecule has 7 heteroatoms. The van der Waals surface area contributed by atoms with Crippen LogP contribution in [0.4, 0.5) is 5.69 Å². The first-order valence-corrected chi connectivity index (χ1v) is 8.40. The van der Waals surface area contributed by atoms with Crippen molar-refractivity contribution in [3.8, 4) is 11.3 Å². The molecule has 3 rings (SSSR count). The van der Waals surface area contributed by atoms with Crippen LogP contribution in [0.25, 0.3) is 11.3 Å². The number of carbonyl (C=O) groups excluding carboxylic acids is 2. The number of ether oxygens (including phenoxy) is 1. The van der Waals surface area contributed by atoms with Crippen molar-refractivity contribution in [3.63, 3.8) is 0 Å². The fraction of sp³-hybridized carbons (Fsp3) is 0.150. The van der Waals surface area contributed by atoms with E-state index in [4.69, 9.17) is 10.5 Å². The molecule has 27 heavy (non-hydrogen) atoms. The molecule has 0 aliphatic heterocycles. The number of esters is 1. The van der Waals surface area contributed by atoms with Crippen LogP contribution in [0.1, 0.15) is 15.9 Å². The Kier molecular flexibility index (Phi) is 5.51. The fourth-order valence-electron chi connectivity index (χ4n) is 2.61. The molecule has 1 heterocycles. The summed E-state index contributed by atoms with van der Waals surface area (Å²) in [6.07, 6.45) is 1.67. The van der Waals surface area contributed by atoms with Gasteiger partial charge in [-0.1, -0.05) is 36.4 Å². The first kappa shape index (κ1) is 18.2. The summed E-state index contributed by atoms with van der Waals surface area (Å²) >= 11 is 0. The molecule has 3 N–H and O–H groups in total. The van der Waals surface area contributed by atoms with Crippen molar-refractivity contribution in [2.24, 2.45) is 7.05 Å². The average molecular weight is 364 g/mol. The lowest BCUT2D eigenvalue weighted by molar-refractivity contribution is -0.143. The van der Waals surface area contributed by atoms with Gasteiger partial charge in [0, 0.05) is 24.5 Å². The van der Waals surface area contributed by atoms with Gasteiger partial charge in [0.05, 0.1) is 11.3 Å². The van der Waals surface area contributed by atoms with Gasteiger partial charge in [-0.3, -0.25) is 14.3 Å². The number of aromatic nitrogens is 2. The van der Waals surface area contributed by atoms with Gasteiger partial charge in [0.1, 0.15) is 13.2 Å². The highest BCUT2D eigenvalue weighted by molar-refractivity contribution is 6.01. The summed E-state index contributed by atoms with van der Waals surface area (Å²) in [6, 6.07) is 16.3. The van der Waals surface area contributed by atoms with Crippen molar-refractivity contribution in [2.45, 2.75) is 6.61 Å². The van der Waals surface area contributed by atoms with Crippen molar-refractivity contribution in [3.05, 3.63) is 71.9 Å². The van der Waals surface area contributed by atoms with Gasteiger partial charge >= 0.3 is 5.97 Å². The number of anilines is 1. The van der Waals surface area contributed by atoms with Gasteiger partial charge in [0.2, 0.25) is 0 Å². The summed E-state index contributed by atoms with van der Waals surface area (Å²) in [7, 11) is 1.81. The molecule has 1 aromatic heterocycles. The Hall–Kier alpha value is -3.61. The van der Waals surface area contributed by atoms with Crippen LogP contribution >= 0.6 is 0 Å². The summed E-state index contributed by atoms with van der Waals surface area (Å²) in [5, 5.41) is 6.67. The second-order valence-electron chi connectivity index (χ2n) is 5.97. The minimum Gasteiger partial charge on any atom is -0.460 e. The minimum absolute atomic E-state index is 0.160. The average Bonchev–Trinajstić information content (AvgIpc) is 3.11. The Labute approximate surface area is 156 Å². The summed E-state index contributed by atoms with van der Waals surface area (Å²) in [5.74, 6) is -0.957. The fourth-order valence-corrected chi connectivity index (χ4v) is 2.61. The number of rotatable bonds is 6. The molecule has 0 saturated heterocycles. The van der Waals surface area contributed by atoms with Crippen molar-refractivity contribution >= 4 is 17.6 Å². The van der Waals surface area contributed by atoms with Crippen LogP contribution in [-0.2, 0) is 23.2 Å². The second kappa shape index (κ2) is 8.18.